The smallest absolute Gasteiger partial charge is 0.264 e. The number of aryl methyl sites for hydroxylation is 1. The molecule has 0 bridgehead atoms. The highest BCUT2D eigenvalue weighted by atomic mass is 32.2. The summed E-state index contributed by atoms with van der Waals surface area (Å²) in [6.07, 6.45) is 3.30. The number of nitrogens with zero attached hydrogens (tertiary/aromatic N) is 2. The lowest BCUT2D eigenvalue weighted by atomic mass is 9.98. The number of hydrogen-bond donors (Lipinski definition) is 0. The summed E-state index contributed by atoms with van der Waals surface area (Å²) in [6, 6.07) is 13.1. The zero-order valence-corrected chi connectivity index (χ0v) is 17.9. The second-order valence-electron chi connectivity index (χ2n) is 8.06. The molecule has 2 heterocycles. The third-order valence-corrected chi connectivity index (χ3v) is 8.00. The number of amides is 1. The van der Waals surface area contributed by atoms with Crippen molar-refractivity contribution in [3.63, 3.8) is 0 Å². The van der Waals surface area contributed by atoms with E-state index in [-0.39, 0.29) is 11.8 Å². The van der Waals surface area contributed by atoms with Crippen LogP contribution in [0.3, 0.4) is 0 Å². The van der Waals surface area contributed by atoms with Crippen LogP contribution in [0, 0.1) is 5.92 Å². The van der Waals surface area contributed by atoms with Crippen LogP contribution in [0.1, 0.15) is 43.4 Å². The first-order valence-electron chi connectivity index (χ1n) is 10.4. The summed E-state index contributed by atoms with van der Waals surface area (Å²) in [6.45, 7) is 5.64. The molecule has 0 aliphatic carbocycles. The highest BCUT2D eigenvalue weighted by Gasteiger charge is 2.30. The van der Waals surface area contributed by atoms with Crippen LogP contribution in [0.4, 0.5) is 5.69 Å². The molecule has 1 atom stereocenters. The van der Waals surface area contributed by atoms with E-state index in [9.17, 15) is 13.2 Å². The maximum Gasteiger partial charge on any atom is 0.264 e. The van der Waals surface area contributed by atoms with Gasteiger partial charge in [0.25, 0.3) is 10.0 Å². The van der Waals surface area contributed by atoms with E-state index in [4.69, 9.17) is 0 Å². The summed E-state index contributed by atoms with van der Waals surface area (Å²) in [5, 5.41) is 0. The van der Waals surface area contributed by atoms with E-state index >= 15 is 0 Å². The summed E-state index contributed by atoms with van der Waals surface area (Å²) in [5.74, 6) is 0.143. The SMILES string of the molecule is CC[C@@H](C)C(=O)N1CCc2ccc(S(=O)(=O)N3CCCc4ccccc43)cc2C1. The molecule has 0 spiro atoms. The van der Waals surface area contributed by atoms with Crippen molar-refractivity contribution >= 4 is 21.6 Å². The van der Waals surface area contributed by atoms with Gasteiger partial charge in [-0.3, -0.25) is 9.10 Å². The Kier molecular flexibility index (Phi) is 5.38. The monoisotopic (exact) mass is 412 g/mol. The molecule has 0 saturated heterocycles. The van der Waals surface area contributed by atoms with E-state index in [1.807, 2.05) is 49.1 Å². The van der Waals surface area contributed by atoms with E-state index in [0.717, 1.165) is 48.1 Å². The van der Waals surface area contributed by atoms with Crippen molar-refractivity contribution in [1.29, 1.82) is 0 Å². The predicted molar refractivity (Wildman–Crippen MR) is 114 cm³/mol. The molecule has 2 aliphatic rings. The topological polar surface area (TPSA) is 57.7 Å². The van der Waals surface area contributed by atoms with Crippen LogP contribution in [-0.2, 0) is 34.2 Å². The van der Waals surface area contributed by atoms with Crippen molar-refractivity contribution in [3.8, 4) is 0 Å². The molecule has 0 aromatic heterocycles. The number of hydrogen-bond acceptors (Lipinski definition) is 3. The number of sulfonamides is 1. The lowest BCUT2D eigenvalue weighted by Gasteiger charge is -2.32. The molecule has 2 aliphatic heterocycles. The number of fused-ring (bicyclic) bond motifs is 2. The molecule has 5 nitrogen and oxygen atoms in total. The molecule has 2 aromatic carbocycles. The number of benzene rings is 2. The Hall–Kier alpha value is -2.34. The molecule has 2 aromatic rings. The number of rotatable bonds is 4. The Morgan fingerprint density at radius 3 is 2.62 bits per heavy atom. The molecule has 4 rings (SSSR count). The minimum Gasteiger partial charge on any atom is -0.338 e. The molecular weight excluding hydrogens is 384 g/mol. The van der Waals surface area contributed by atoms with Gasteiger partial charge in [0.05, 0.1) is 10.6 Å². The van der Waals surface area contributed by atoms with E-state index < -0.39 is 10.0 Å². The highest BCUT2D eigenvalue weighted by Crippen LogP contribution is 2.33. The van der Waals surface area contributed by atoms with Gasteiger partial charge in [-0.05, 0) is 60.6 Å². The molecule has 6 heteroatoms. The first kappa shape index (κ1) is 20.0. The Balaban J connectivity index is 1.65. The van der Waals surface area contributed by atoms with Crippen LogP contribution in [0.25, 0.3) is 0 Å². The summed E-state index contributed by atoms with van der Waals surface area (Å²) < 4.78 is 28.4. The number of carbonyl (C=O) groups excluding carboxylic acids is 1. The van der Waals surface area contributed by atoms with Crippen molar-refractivity contribution in [2.45, 2.75) is 51.0 Å². The minimum atomic E-state index is -3.64. The second-order valence-corrected chi connectivity index (χ2v) is 9.92. The molecule has 1 amide bonds. The first-order chi connectivity index (χ1) is 13.9. The van der Waals surface area contributed by atoms with Crippen LogP contribution < -0.4 is 4.31 Å². The lowest BCUT2D eigenvalue weighted by Crippen LogP contribution is -2.39. The fourth-order valence-electron chi connectivity index (χ4n) is 4.24. The van der Waals surface area contributed by atoms with Crippen LogP contribution >= 0.6 is 0 Å². The van der Waals surface area contributed by atoms with E-state index in [2.05, 4.69) is 0 Å². The fourth-order valence-corrected chi connectivity index (χ4v) is 5.84. The van der Waals surface area contributed by atoms with Crippen molar-refractivity contribution in [3.05, 3.63) is 59.2 Å². The molecule has 0 fully saturated rings. The van der Waals surface area contributed by atoms with Gasteiger partial charge >= 0.3 is 0 Å². The number of anilines is 1. The largest absolute Gasteiger partial charge is 0.338 e. The molecule has 29 heavy (non-hydrogen) atoms. The van der Waals surface area contributed by atoms with Gasteiger partial charge in [-0.1, -0.05) is 38.1 Å². The number of para-hydroxylation sites is 1. The van der Waals surface area contributed by atoms with E-state index in [1.54, 1.807) is 16.4 Å². The highest BCUT2D eigenvalue weighted by molar-refractivity contribution is 7.92. The summed E-state index contributed by atoms with van der Waals surface area (Å²) in [5.41, 5.74) is 3.94. The van der Waals surface area contributed by atoms with Gasteiger partial charge in [0, 0.05) is 25.6 Å². The van der Waals surface area contributed by atoms with Gasteiger partial charge in [0.2, 0.25) is 5.91 Å². The molecule has 0 unspecified atom stereocenters. The summed E-state index contributed by atoms with van der Waals surface area (Å²) in [4.78, 5) is 14.8. The Bertz CT molecular complexity index is 1030. The quantitative estimate of drug-likeness (QED) is 0.768. The first-order valence-corrected chi connectivity index (χ1v) is 11.9. The summed E-state index contributed by atoms with van der Waals surface area (Å²) >= 11 is 0. The average Bonchev–Trinajstić information content (AvgIpc) is 2.76. The van der Waals surface area contributed by atoms with Gasteiger partial charge in [0.15, 0.2) is 0 Å². The molecule has 0 saturated carbocycles. The van der Waals surface area contributed by atoms with Crippen LogP contribution in [0.5, 0.6) is 0 Å². The Morgan fingerprint density at radius 2 is 1.83 bits per heavy atom. The van der Waals surface area contributed by atoms with Crippen molar-refractivity contribution in [1.82, 2.24) is 4.90 Å². The van der Waals surface area contributed by atoms with Gasteiger partial charge in [-0.2, -0.15) is 0 Å². The van der Waals surface area contributed by atoms with E-state index in [0.29, 0.717) is 24.5 Å². The Morgan fingerprint density at radius 1 is 1.03 bits per heavy atom. The van der Waals surface area contributed by atoms with Crippen LogP contribution in [-0.4, -0.2) is 32.3 Å². The normalized spacial score (nSPS) is 17.4. The molecular formula is C23H28N2O3S. The average molecular weight is 413 g/mol. The van der Waals surface area contributed by atoms with Crippen LogP contribution in [0.15, 0.2) is 47.4 Å². The molecule has 0 radical (unpaired) electrons. The minimum absolute atomic E-state index is 0.00619. The third-order valence-electron chi connectivity index (χ3n) is 6.19. The van der Waals surface area contributed by atoms with Gasteiger partial charge in [-0.25, -0.2) is 8.42 Å². The molecule has 0 N–H and O–H groups in total. The zero-order chi connectivity index (χ0) is 20.6. The van der Waals surface area contributed by atoms with Crippen molar-refractivity contribution in [2.75, 3.05) is 17.4 Å². The van der Waals surface area contributed by atoms with Gasteiger partial charge in [-0.15, -0.1) is 0 Å². The van der Waals surface area contributed by atoms with Gasteiger partial charge in [0.1, 0.15) is 0 Å². The van der Waals surface area contributed by atoms with Crippen molar-refractivity contribution in [2.24, 2.45) is 5.92 Å². The maximum absolute atomic E-state index is 13.5. The standard InChI is InChI=1S/C23H28N2O3S/c1-3-17(2)23(26)24-14-12-18-10-11-21(15-20(18)16-24)29(27,28)25-13-6-8-19-7-4-5-9-22(19)25/h4-5,7,9-11,15,17H,3,6,8,12-14,16H2,1-2H3/t17-/m1/s1. The maximum atomic E-state index is 13.5. The zero-order valence-electron chi connectivity index (χ0n) is 17.1. The van der Waals surface area contributed by atoms with E-state index in [1.165, 1.54) is 0 Å². The summed E-state index contributed by atoms with van der Waals surface area (Å²) in [7, 11) is -3.64. The van der Waals surface area contributed by atoms with Crippen LogP contribution in [0.2, 0.25) is 0 Å². The Labute approximate surface area is 173 Å². The molecule has 154 valence electrons. The predicted octanol–water partition coefficient (Wildman–Crippen LogP) is 3.76. The second kappa shape index (κ2) is 7.82. The fraction of sp³-hybridized carbons (Fsp3) is 0.435. The number of carbonyl (C=O) groups is 1. The lowest BCUT2D eigenvalue weighted by molar-refractivity contribution is -0.136. The third kappa shape index (κ3) is 3.66. The van der Waals surface area contributed by atoms with Gasteiger partial charge < -0.3 is 4.90 Å². The van der Waals surface area contributed by atoms with Crippen molar-refractivity contribution < 1.29 is 13.2 Å².